The Bertz CT molecular complexity index is 506. The second kappa shape index (κ2) is 5.06. The van der Waals surface area contributed by atoms with Crippen LogP contribution in [0.1, 0.15) is 24.5 Å². The Morgan fingerprint density at radius 3 is 2.82 bits per heavy atom. The Kier molecular flexibility index (Phi) is 3.69. The third-order valence-electron chi connectivity index (χ3n) is 3.21. The fourth-order valence-electron chi connectivity index (χ4n) is 2.34. The van der Waals surface area contributed by atoms with Crippen LogP contribution in [0.3, 0.4) is 0 Å². The summed E-state index contributed by atoms with van der Waals surface area (Å²) in [5.74, 6) is 0.718. The average Bonchev–Trinajstić information content (AvgIpc) is 2.73. The van der Waals surface area contributed by atoms with Crippen LogP contribution in [0.15, 0.2) is 22.7 Å². The molecule has 4 nitrogen and oxygen atoms in total. The number of rotatable bonds is 1. The third-order valence-corrected chi connectivity index (χ3v) is 3.21. The molecule has 0 unspecified atom stereocenters. The van der Waals surface area contributed by atoms with Crippen molar-refractivity contribution in [3.63, 3.8) is 0 Å². The number of aromatic nitrogens is 1. The quantitative estimate of drug-likeness (QED) is 0.849. The molecule has 0 aliphatic carbocycles. The molecule has 3 rings (SSSR count). The molecule has 1 aromatic carbocycles. The molecular weight excluding hydrogens is 284 g/mol. The van der Waals surface area contributed by atoms with Gasteiger partial charge in [-0.2, -0.15) is 0 Å². The lowest BCUT2D eigenvalue weighted by atomic mass is 9.92. The molecule has 17 heavy (non-hydrogen) atoms. The molecule has 2 N–H and O–H groups in total. The van der Waals surface area contributed by atoms with Crippen LogP contribution in [0.2, 0.25) is 0 Å². The zero-order valence-electron chi connectivity index (χ0n) is 9.35. The topological polar surface area (TPSA) is 58.3 Å². The number of hydrogen-bond acceptors (Lipinski definition) is 4. The molecule has 0 saturated carbocycles. The van der Waals surface area contributed by atoms with E-state index in [2.05, 4.69) is 10.5 Å². The van der Waals surface area contributed by atoms with Gasteiger partial charge in [0.2, 0.25) is 0 Å². The SMILES string of the molecule is Br.Oc1ccc2onc(C3CCNCC3)c2c1. The third kappa shape index (κ3) is 2.30. The van der Waals surface area contributed by atoms with Crippen molar-refractivity contribution in [2.45, 2.75) is 18.8 Å². The number of halogens is 1. The highest BCUT2D eigenvalue weighted by atomic mass is 79.9. The molecule has 0 spiro atoms. The lowest BCUT2D eigenvalue weighted by molar-refractivity contribution is 0.404. The standard InChI is InChI=1S/C12H14N2O2.BrH/c15-9-1-2-11-10(7-9)12(14-16-11)8-3-5-13-6-4-8;/h1-2,7-8,13,15H,3-6H2;1H. The van der Waals surface area contributed by atoms with E-state index in [1.165, 1.54) is 0 Å². The summed E-state index contributed by atoms with van der Waals surface area (Å²) < 4.78 is 5.28. The molecule has 0 amide bonds. The van der Waals surface area contributed by atoms with Crippen molar-refractivity contribution in [1.29, 1.82) is 0 Å². The van der Waals surface area contributed by atoms with Crippen LogP contribution in [-0.4, -0.2) is 23.4 Å². The number of benzene rings is 1. The Balaban J connectivity index is 0.00000108. The zero-order valence-corrected chi connectivity index (χ0v) is 11.1. The number of phenolic OH excluding ortho intramolecular Hbond substituents is 1. The van der Waals surface area contributed by atoms with Crippen molar-refractivity contribution in [2.75, 3.05) is 13.1 Å². The van der Waals surface area contributed by atoms with E-state index in [1.807, 2.05) is 0 Å². The molecule has 1 aliphatic heterocycles. The maximum atomic E-state index is 9.49. The summed E-state index contributed by atoms with van der Waals surface area (Å²) in [4.78, 5) is 0. The van der Waals surface area contributed by atoms with Gasteiger partial charge in [-0.1, -0.05) is 5.16 Å². The van der Waals surface area contributed by atoms with E-state index >= 15 is 0 Å². The van der Waals surface area contributed by atoms with E-state index in [0.717, 1.165) is 42.6 Å². The Morgan fingerprint density at radius 1 is 1.29 bits per heavy atom. The van der Waals surface area contributed by atoms with Crippen LogP contribution in [0.5, 0.6) is 5.75 Å². The van der Waals surface area contributed by atoms with E-state index in [0.29, 0.717) is 5.92 Å². The molecule has 1 fully saturated rings. The van der Waals surface area contributed by atoms with Crippen molar-refractivity contribution in [3.05, 3.63) is 23.9 Å². The molecule has 1 aromatic heterocycles. The zero-order chi connectivity index (χ0) is 11.0. The number of phenols is 1. The lowest BCUT2D eigenvalue weighted by Crippen LogP contribution is -2.26. The summed E-state index contributed by atoms with van der Waals surface area (Å²) in [6.07, 6.45) is 2.16. The van der Waals surface area contributed by atoms with Crippen LogP contribution in [-0.2, 0) is 0 Å². The largest absolute Gasteiger partial charge is 0.508 e. The van der Waals surface area contributed by atoms with Gasteiger partial charge in [0.25, 0.3) is 0 Å². The van der Waals surface area contributed by atoms with E-state index < -0.39 is 0 Å². The predicted molar refractivity (Wildman–Crippen MR) is 70.8 cm³/mol. The van der Waals surface area contributed by atoms with E-state index in [1.54, 1.807) is 18.2 Å². The summed E-state index contributed by atoms with van der Waals surface area (Å²) >= 11 is 0. The molecule has 0 atom stereocenters. The minimum absolute atomic E-state index is 0. The maximum Gasteiger partial charge on any atom is 0.167 e. The first-order chi connectivity index (χ1) is 7.84. The fourth-order valence-corrected chi connectivity index (χ4v) is 2.34. The minimum atomic E-state index is 0. The van der Waals surface area contributed by atoms with Crippen LogP contribution in [0, 0.1) is 0 Å². The summed E-state index contributed by atoms with van der Waals surface area (Å²) in [6.45, 7) is 2.05. The van der Waals surface area contributed by atoms with Crippen LogP contribution >= 0.6 is 17.0 Å². The van der Waals surface area contributed by atoms with Gasteiger partial charge in [-0.25, -0.2) is 0 Å². The van der Waals surface area contributed by atoms with Crippen molar-refractivity contribution in [3.8, 4) is 5.75 Å². The molecule has 1 aliphatic rings. The van der Waals surface area contributed by atoms with E-state index in [-0.39, 0.29) is 22.7 Å². The number of aromatic hydroxyl groups is 1. The van der Waals surface area contributed by atoms with Crippen molar-refractivity contribution >= 4 is 28.0 Å². The van der Waals surface area contributed by atoms with Crippen LogP contribution in [0.4, 0.5) is 0 Å². The van der Waals surface area contributed by atoms with Gasteiger partial charge in [-0.05, 0) is 44.1 Å². The fraction of sp³-hybridized carbons (Fsp3) is 0.417. The summed E-state index contributed by atoms with van der Waals surface area (Å²) in [6, 6.07) is 5.13. The van der Waals surface area contributed by atoms with Gasteiger partial charge in [-0.15, -0.1) is 17.0 Å². The normalized spacial score (nSPS) is 16.9. The van der Waals surface area contributed by atoms with Gasteiger partial charge >= 0.3 is 0 Å². The second-order valence-electron chi connectivity index (χ2n) is 4.27. The first kappa shape index (κ1) is 12.4. The highest BCUT2D eigenvalue weighted by Gasteiger charge is 2.21. The van der Waals surface area contributed by atoms with Crippen LogP contribution in [0.25, 0.3) is 11.0 Å². The highest BCUT2D eigenvalue weighted by Crippen LogP contribution is 2.32. The van der Waals surface area contributed by atoms with Gasteiger partial charge in [0.05, 0.1) is 5.69 Å². The number of piperidine rings is 1. The van der Waals surface area contributed by atoms with Gasteiger partial charge in [0.15, 0.2) is 5.58 Å². The Labute approximate surface area is 110 Å². The Morgan fingerprint density at radius 2 is 2.06 bits per heavy atom. The molecule has 0 radical (unpaired) electrons. The van der Waals surface area contributed by atoms with Crippen molar-refractivity contribution < 1.29 is 9.63 Å². The van der Waals surface area contributed by atoms with Crippen molar-refractivity contribution in [2.24, 2.45) is 0 Å². The predicted octanol–water partition coefficient (Wildman–Crippen LogP) is 2.58. The monoisotopic (exact) mass is 298 g/mol. The molecule has 5 heteroatoms. The molecule has 92 valence electrons. The average molecular weight is 299 g/mol. The molecular formula is C12H15BrN2O2. The van der Waals surface area contributed by atoms with Gasteiger partial charge in [-0.3, -0.25) is 0 Å². The van der Waals surface area contributed by atoms with Gasteiger partial charge in [0.1, 0.15) is 5.75 Å². The second-order valence-corrected chi connectivity index (χ2v) is 4.27. The van der Waals surface area contributed by atoms with Crippen LogP contribution < -0.4 is 5.32 Å². The van der Waals surface area contributed by atoms with Crippen molar-refractivity contribution in [1.82, 2.24) is 10.5 Å². The minimum Gasteiger partial charge on any atom is -0.508 e. The number of nitrogens with zero attached hydrogens (tertiary/aromatic N) is 1. The maximum absolute atomic E-state index is 9.49. The molecule has 0 bridgehead atoms. The molecule has 1 saturated heterocycles. The van der Waals surface area contributed by atoms with Gasteiger partial charge < -0.3 is 14.9 Å². The van der Waals surface area contributed by atoms with E-state index in [4.69, 9.17) is 4.52 Å². The summed E-state index contributed by atoms with van der Waals surface area (Å²) in [5, 5.41) is 17.9. The summed E-state index contributed by atoms with van der Waals surface area (Å²) in [5.41, 5.74) is 1.75. The highest BCUT2D eigenvalue weighted by molar-refractivity contribution is 8.93. The summed E-state index contributed by atoms with van der Waals surface area (Å²) in [7, 11) is 0. The first-order valence-corrected chi connectivity index (χ1v) is 5.63. The Hall–Kier alpha value is -1.07. The first-order valence-electron chi connectivity index (χ1n) is 5.63. The molecule has 2 heterocycles. The number of nitrogens with one attached hydrogen (secondary N) is 1. The number of hydrogen-bond donors (Lipinski definition) is 2. The smallest absolute Gasteiger partial charge is 0.167 e. The van der Waals surface area contributed by atoms with Gasteiger partial charge in [0, 0.05) is 11.3 Å². The van der Waals surface area contributed by atoms with E-state index in [9.17, 15) is 5.11 Å². The number of fused-ring (bicyclic) bond motifs is 1. The molecule has 2 aromatic rings. The lowest BCUT2D eigenvalue weighted by Gasteiger charge is -2.20.